The number of aliphatic hydroxyl groups excluding tert-OH is 2. The molecule has 1 aromatic rings. The number of hydrogen-bond acceptors (Lipinski definition) is 16. The van der Waals surface area contributed by atoms with Gasteiger partial charge in [-0.25, -0.2) is 13.1 Å². The van der Waals surface area contributed by atoms with Crippen molar-refractivity contribution < 1.29 is 71.7 Å². The Balaban J connectivity index is 1.80. The number of aliphatic hydroxyl groups is 3. The molecule has 17 nitrogen and oxygen atoms in total. The fourth-order valence-corrected chi connectivity index (χ4v) is 9.47. The summed E-state index contributed by atoms with van der Waals surface area (Å²) in [6.45, 7) is 14.3. The fraction of sp³-hybridized carbons (Fsp3) is 0.769. The van der Waals surface area contributed by atoms with Crippen LogP contribution in [0.3, 0.4) is 0 Å². The van der Waals surface area contributed by atoms with Gasteiger partial charge < -0.3 is 53.7 Å². The van der Waals surface area contributed by atoms with Gasteiger partial charge in [0.2, 0.25) is 10.0 Å². The van der Waals surface area contributed by atoms with Crippen molar-refractivity contribution in [1.29, 1.82) is 0 Å². The first-order valence-corrected chi connectivity index (χ1v) is 21.0. The van der Waals surface area contributed by atoms with Crippen LogP contribution in [0.5, 0.6) is 0 Å². The number of ether oxygens (including phenoxy) is 7. The molecule has 0 saturated carbocycles. The molecule has 0 bridgehead atoms. The van der Waals surface area contributed by atoms with Crippen LogP contribution in [0.4, 0.5) is 0 Å². The van der Waals surface area contributed by atoms with Crippen molar-refractivity contribution in [2.45, 2.75) is 171 Å². The first-order chi connectivity index (χ1) is 26.5. The third-order valence-electron chi connectivity index (χ3n) is 11.6. The Morgan fingerprint density at radius 1 is 0.982 bits per heavy atom. The largest absolute Gasteiger partial charge is 0.457 e. The molecule has 1 aromatic carbocycles. The minimum absolute atomic E-state index is 0.00893. The van der Waals surface area contributed by atoms with Crippen LogP contribution in [0, 0.1) is 17.8 Å². The van der Waals surface area contributed by atoms with Crippen molar-refractivity contribution in [2.75, 3.05) is 7.11 Å². The SMILES string of the molecule is CC[C@@H]1OC(=O)[C@H](C)[C@H](O[C@H]2C[C@@](C)(OC)[C@@H](O)[C@H](C)O2)[C@H](C)[C@@H](O[C@@H]2O[C@H](C)C[C@H](NS(=O)(=O)c3ccccc3)[C@H]2O)[C@](C)(O)C[C@@H](C)C(=O)O[C@]1(C)/C=N/O. The summed E-state index contributed by atoms with van der Waals surface area (Å²) in [7, 11) is -2.64. The highest BCUT2D eigenvalue weighted by molar-refractivity contribution is 7.89. The Morgan fingerprint density at radius 3 is 2.23 bits per heavy atom. The van der Waals surface area contributed by atoms with Crippen LogP contribution in [0.25, 0.3) is 0 Å². The van der Waals surface area contributed by atoms with Crippen molar-refractivity contribution >= 4 is 28.2 Å². The number of rotatable bonds is 10. The lowest BCUT2D eigenvalue weighted by Gasteiger charge is -2.48. The molecule has 324 valence electrons. The maximum atomic E-state index is 14.2. The van der Waals surface area contributed by atoms with Gasteiger partial charge in [-0.2, -0.15) is 0 Å². The number of esters is 2. The average molecular weight is 831 g/mol. The van der Waals surface area contributed by atoms with E-state index in [0.717, 1.165) is 6.21 Å². The Kier molecular flexibility index (Phi) is 15.3. The highest BCUT2D eigenvalue weighted by atomic mass is 32.2. The summed E-state index contributed by atoms with van der Waals surface area (Å²) < 4.78 is 72.1. The third kappa shape index (κ3) is 10.7. The minimum Gasteiger partial charge on any atom is -0.457 e. The van der Waals surface area contributed by atoms with Gasteiger partial charge in [-0.05, 0) is 72.9 Å². The molecule has 3 aliphatic heterocycles. The fourth-order valence-electron chi connectivity index (χ4n) is 8.18. The highest BCUT2D eigenvalue weighted by Gasteiger charge is 2.53. The molecule has 0 aliphatic carbocycles. The monoisotopic (exact) mass is 830 g/mol. The predicted octanol–water partition coefficient (Wildman–Crippen LogP) is 2.65. The lowest BCUT2D eigenvalue weighted by Crippen LogP contribution is -2.61. The first-order valence-electron chi connectivity index (χ1n) is 19.5. The number of sulfonamides is 1. The number of oxime groups is 1. The molecule has 3 saturated heterocycles. The quantitative estimate of drug-likeness (QED) is 0.0987. The maximum Gasteiger partial charge on any atom is 0.311 e. The second kappa shape index (κ2) is 18.6. The van der Waals surface area contributed by atoms with Crippen molar-refractivity contribution in [3.63, 3.8) is 0 Å². The summed E-state index contributed by atoms with van der Waals surface area (Å²) in [6.07, 6.45) is -9.34. The van der Waals surface area contributed by atoms with Crippen LogP contribution in [0.2, 0.25) is 0 Å². The molecule has 3 fully saturated rings. The van der Waals surface area contributed by atoms with Crippen LogP contribution in [0.15, 0.2) is 40.4 Å². The molecule has 0 spiro atoms. The molecule has 3 heterocycles. The van der Waals surface area contributed by atoms with Gasteiger partial charge in [0.1, 0.15) is 18.3 Å². The summed E-state index contributed by atoms with van der Waals surface area (Å²) in [5.74, 6) is -4.75. The Labute approximate surface area is 335 Å². The van der Waals surface area contributed by atoms with Gasteiger partial charge in [0, 0.05) is 19.4 Å². The maximum absolute atomic E-state index is 14.2. The standard InChI is InChI=1S/C39H62N2O15S/c1-11-28-39(9,20-40-47)56-34(44)21(2)18-37(7,46)33(55-36-30(42)27(17-22(3)51-36)41-57(48,49)26-15-13-12-14-16-26)23(4)31(24(5)35(45)53-28)54-29-19-38(8,50-10)32(43)25(6)52-29/h12-16,20-25,27-33,36,41-43,46-47H,11,17-19H2,1-10H3/b40-20+/t21-,22-,23+,24-,25+,27+,28+,29+,30-,31-,32+,33-,36+,37-,38-,39-/m1/s1. The number of carbonyl (C=O) groups is 2. The molecule has 57 heavy (non-hydrogen) atoms. The van der Waals surface area contributed by atoms with E-state index in [1.807, 2.05) is 0 Å². The Bertz CT molecular complexity index is 1650. The minimum atomic E-state index is -4.09. The second-order valence-electron chi connectivity index (χ2n) is 16.5. The van der Waals surface area contributed by atoms with E-state index >= 15 is 0 Å². The summed E-state index contributed by atoms with van der Waals surface area (Å²) in [6, 6.07) is 6.58. The summed E-state index contributed by atoms with van der Waals surface area (Å²) in [5, 5.41) is 47.7. The number of nitrogens with one attached hydrogen (secondary N) is 1. The molecule has 3 aliphatic rings. The molecule has 0 unspecified atom stereocenters. The molecule has 0 aromatic heterocycles. The highest BCUT2D eigenvalue weighted by Crippen LogP contribution is 2.40. The van der Waals surface area contributed by atoms with Crippen LogP contribution in [-0.4, -0.2) is 132 Å². The van der Waals surface area contributed by atoms with Gasteiger partial charge in [0.05, 0.1) is 64.6 Å². The van der Waals surface area contributed by atoms with Gasteiger partial charge in [-0.3, -0.25) is 9.59 Å². The zero-order valence-corrected chi connectivity index (χ0v) is 35.2. The van der Waals surface area contributed by atoms with E-state index in [9.17, 15) is 38.5 Å². The van der Waals surface area contributed by atoms with Crippen molar-refractivity contribution in [3.8, 4) is 0 Å². The normalized spacial score (nSPS) is 43.0. The molecular formula is C39H62N2O15S. The van der Waals surface area contributed by atoms with Crippen molar-refractivity contribution in [1.82, 2.24) is 4.72 Å². The zero-order valence-electron chi connectivity index (χ0n) is 34.4. The summed E-state index contributed by atoms with van der Waals surface area (Å²) in [4.78, 5) is 27.8. The number of carbonyl (C=O) groups excluding carboxylic acids is 2. The van der Waals surface area contributed by atoms with E-state index in [4.69, 9.17) is 33.2 Å². The molecule has 16 atom stereocenters. The van der Waals surface area contributed by atoms with Crippen molar-refractivity contribution in [2.24, 2.45) is 22.9 Å². The third-order valence-corrected chi connectivity index (χ3v) is 13.1. The second-order valence-corrected chi connectivity index (χ2v) is 18.2. The van der Waals surface area contributed by atoms with Crippen LogP contribution in [-0.2, 0) is 52.8 Å². The van der Waals surface area contributed by atoms with E-state index in [1.54, 1.807) is 59.7 Å². The lowest BCUT2D eigenvalue weighted by atomic mass is 9.77. The van der Waals surface area contributed by atoms with Gasteiger partial charge in [0.25, 0.3) is 0 Å². The number of hydrogen-bond donors (Lipinski definition) is 5. The number of benzene rings is 1. The molecule has 4 rings (SSSR count). The van der Waals surface area contributed by atoms with Gasteiger partial charge in [-0.1, -0.05) is 44.1 Å². The van der Waals surface area contributed by atoms with Gasteiger partial charge in [0.15, 0.2) is 18.2 Å². The molecule has 0 amide bonds. The summed E-state index contributed by atoms with van der Waals surface area (Å²) >= 11 is 0. The molecular weight excluding hydrogens is 768 g/mol. The number of cyclic esters (lactones) is 2. The zero-order chi connectivity index (χ0) is 42.7. The predicted molar refractivity (Wildman–Crippen MR) is 203 cm³/mol. The number of nitrogens with zero attached hydrogens (tertiary/aromatic N) is 1. The van der Waals surface area contributed by atoms with Crippen molar-refractivity contribution in [3.05, 3.63) is 30.3 Å². The summed E-state index contributed by atoms with van der Waals surface area (Å²) in [5.41, 5.74) is -4.79. The average Bonchev–Trinajstić information content (AvgIpc) is 3.14. The van der Waals surface area contributed by atoms with Crippen LogP contribution in [0.1, 0.15) is 88.0 Å². The van der Waals surface area contributed by atoms with E-state index in [0.29, 0.717) is 0 Å². The number of methoxy groups -OCH3 is 1. The first kappa shape index (κ1) is 46.9. The smallest absolute Gasteiger partial charge is 0.311 e. The molecule has 18 heteroatoms. The van der Waals surface area contributed by atoms with Crippen LogP contribution < -0.4 is 4.72 Å². The molecule has 5 N–H and O–H groups in total. The van der Waals surface area contributed by atoms with E-state index in [2.05, 4.69) is 9.88 Å². The topological polar surface area (TPSA) is 238 Å². The van der Waals surface area contributed by atoms with Gasteiger partial charge >= 0.3 is 11.9 Å². The van der Waals surface area contributed by atoms with Crippen LogP contribution >= 0.6 is 0 Å². The lowest BCUT2D eigenvalue weighted by molar-refractivity contribution is -0.315. The van der Waals surface area contributed by atoms with E-state index in [-0.39, 0.29) is 30.6 Å². The van der Waals surface area contributed by atoms with E-state index in [1.165, 1.54) is 40.0 Å². The molecule has 0 radical (unpaired) electrons. The van der Waals surface area contributed by atoms with E-state index < -0.39 is 118 Å². The Morgan fingerprint density at radius 2 is 1.63 bits per heavy atom. The van der Waals surface area contributed by atoms with Gasteiger partial charge in [-0.15, -0.1) is 0 Å². The Hall–Kier alpha value is -2.78.